The van der Waals surface area contributed by atoms with Crippen LogP contribution >= 0.6 is 0 Å². The van der Waals surface area contributed by atoms with Crippen molar-refractivity contribution in [2.24, 2.45) is 9.81 Å². The van der Waals surface area contributed by atoms with Crippen LogP contribution in [0.2, 0.25) is 0 Å². The van der Waals surface area contributed by atoms with E-state index in [9.17, 15) is 4.55 Å². The van der Waals surface area contributed by atoms with Crippen molar-refractivity contribution in [1.29, 1.82) is 0 Å². The summed E-state index contributed by atoms with van der Waals surface area (Å²) >= 11 is -1.25. The van der Waals surface area contributed by atoms with Crippen LogP contribution in [0, 0.1) is 5.41 Å². The van der Waals surface area contributed by atoms with Crippen LogP contribution < -0.4 is 4.74 Å². The van der Waals surface area contributed by atoms with Crippen molar-refractivity contribution < 1.29 is 9.29 Å². The van der Waals surface area contributed by atoms with Gasteiger partial charge in [-0.2, -0.15) is 0 Å². The van der Waals surface area contributed by atoms with Gasteiger partial charge in [0.15, 0.2) is 0 Å². The molecule has 1 aliphatic carbocycles. The Morgan fingerprint density at radius 1 is 1.45 bits per heavy atom. The molecule has 1 atom stereocenters. The number of aromatic nitrogens is 1. The Balaban J connectivity index is 1.89. The Morgan fingerprint density at radius 3 is 2.65 bits per heavy atom. The van der Waals surface area contributed by atoms with Crippen LogP contribution in [0.3, 0.4) is 0 Å². The van der Waals surface area contributed by atoms with Crippen molar-refractivity contribution in [1.82, 2.24) is 4.98 Å². The fraction of sp³-hybridized carbons (Fsp3) is 0.600. The zero-order chi connectivity index (χ0) is 14.8. The molecule has 0 aromatic carbocycles. The average Bonchev–Trinajstić information content (AvgIpc) is 3.12. The van der Waals surface area contributed by atoms with Gasteiger partial charge in [0, 0.05) is 5.41 Å². The number of rotatable bonds is 5. The molecule has 1 heterocycles. The zero-order valence-corrected chi connectivity index (χ0v) is 13.4. The lowest BCUT2D eigenvalue weighted by molar-refractivity contribution is 0.246. The highest BCUT2D eigenvalue weighted by Gasteiger charge is 2.38. The van der Waals surface area contributed by atoms with Crippen LogP contribution in [0.1, 0.15) is 46.2 Å². The maximum absolute atomic E-state index is 11.8. The Hall–Kier alpha value is -1.07. The van der Waals surface area contributed by atoms with E-state index in [0.29, 0.717) is 11.1 Å². The van der Waals surface area contributed by atoms with Crippen molar-refractivity contribution in [3.8, 4) is 5.75 Å². The van der Waals surface area contributed by atoms with Gasteiger partial charge in [-0.25, -0.2) is 0 Å². The molecule has 0 aliphatic heterocycles. The first-order valence-corrected chi connectivity index (χ1v) is 7.94. The molecule has 2 rings (SSSR count). The zero-order valence-electron chi connectivity index (χ0n) is 12.5. The van der Waals surface area contributed by atoms with Crippen molar-refractivity contribution >= 4 is 17.6 Å². The van der Waals surface area contributed by atoms with E-state index in [1.54, 1.807) is 12.4 Å². The van der Waals surface area contributed by atoms with E-state index in [4.69, 9.17) is 4.74 Å². The summed E-state index contributed by atoms with van der Waals surface area (Å²) < 4.78 is 21.2. The largest absolute Gasteiger partial charge is 0.591 e. The van der Waals surface area contributed by atoms with Gasteiger partial charge in [0.05, 0.1) is 18.5 Å². The number of pyridine rings is 1. The summed E-state index contributed by atoms with van der Waals surface area (Å²) in [6.45, 7) is 8.65. The monoisotopic (exact) mass is 294 g/mol. The van der Waals surface area contributed by atoms with Crippen molar-refractivity contribution in [3.05, 3.63) is 24.0 Å². The standard InChI is InChI=1S/C15H22N2O2S/c1-14(2,3)20(18)17-9-12-5-6-13(10-16-12)19-11-15(4)7-8-15/h5-6,9-10H,7-8,11H2,1-4H3. The topological polar surface area (TPSA) is 57.5 Å². The predicted octanol–water partition coefficient (Wildman–Crippen LogP) is 3.14. The van der Waals surface area contributed by atoms with E-state index in [0.717, 1.165) is 12.4 Å². The maximum Gasteiger partial charge on any atom is 0.144 e. The highest BCUT2D eigenvalue weighted by Crippen LogP contribution is 2.44. The smallest absolute Gasteiger partial charge is 0.144 e. The lowest BCUT2D eigenvalue weighted by Gasteiger charge is -2.17. The number of ether oxygens (including phenoxy) is 1. The van der Waals surface area contributed by atoms with E-state index in [2.05, 4.69) is 16.3 Å². The van der Waals surface area contributed by atoms with Gasteiger partial charge in [0.25, 0.3) is 0 Å². The summed E-state index contributed by atoms with van der Waals surface area (Å²) in [6, 6.07) is 3.70. The first-order valence-electron chi connectivity index (χ1n) is 6.83. The first-order chi connectivity index (χ1) is 9.28. The second-order valence-corrected chi connectivity index (χ2v) is 8.55. The van der Waals surface area contributed by atoms with E-state index < -0.39 is 11.4 Å². The Morgan fingerprint density at radius 2 is 2.15 bits per heavy atom. The van der Waals surface area contributed by atoms with E-state index in [1.165, 1.54) is 12.8 Å². The lowest BCUT2D eigenvalue weighted by Crippen LogP contribution is -2.25. The molecular formula is C15H22N2O2S. The molecule has 0 saturated heterocycles. The molecule has 110 valence electrons. The third-order valence-electron chi connectivity index (χ3n) is 3.25. The summed E-state index contributed by atoms with van der Waals surface area (Å²) in [6.07, 6.45) is 5.72. The Bertz CT molecular complexity index is 476. The number of hydrogen-bond donors (Lipinski definition) is 0. The van der Waals surface area contributed by atoms with Gasteiger partial charge in [0.1, 0.15) is 28.1 Å². The van der Waals surface area contributed by atoms with Gasteiger partial charge >= 0.3 is 0 Å². The summed E-state index contributed by atoms with van der Waals surface area (Å²) in [5.41, 5.74) is 1.05. The fourth-order valence-corrected chi connectivity index (χ4v) is 1.95. The van der Waals surface area contributed by atoms with E-state index >= 15 is 0 Å². The minimum Gasteiger partial charge on any atom is -0.591 e. The molecular weight excluding hydrogens is 272 g/mol. The highest BCUT2D eigenvalue weighted by molar-refractivity contribution is 7.91. The summed E-state index contributed by atoms with van der Waals surface area (Å²) in [4.78, 5) is 4.25. The lowest BCUT2D eigenvalue weighted by atomic mass is 10.2. The summed E-state index contributed by atoms with van der Waals surface area (Å²) in [5, 5.41) is 0. The van der Waals surface area contributed by atoms with Gasteiger partial charge in [-0.15, -0.1) is 0 Å². The number of nitrogens with zero attached hydrogens (tertiary/aromatic N) is 2. The Labute approximate surface area is 124 Å². The molecule has 1 aliphatic rings. The quantitative estimate of drug-likeness (QED) is 0.619. The van der Waals surface area contributed by atoms with Crippen LogP contribution in [-0.2, 0) is 11.4 Å². The van der Waals surface area contributed by atoms with Gasteiger partial charge in [-0.05, 0) is 45.7 Å². The van der Waals surface area contributed by atoms with Gasteiger partial charge in [0.2, 0.25) is 0 Å². The van der Waals surface area contributed by atoms with Crippen LogP contribution in [0.4, 0.5) is 0 Å². The number of hydrogen-bond acceptors (Lipinski definition) is 4. The van der Waals surface area contributed by atoms with Crippen LogP contribution in [-0.4, -0.2) is 27.1 Å². The Kier molecular flexibility index (Phi) is 4.39. The molecule has 1 saturated carbocycles. The minimum absolute atomic E-state index is 0.348. The molecule has 0 N–H and O–H groups in total. The molecule has 0 bridgehead atoms. The fourth-order valence-electron chi connectivity index (χ4n) is 1.43. The summed E-state index contributed by atoms with van der Waals surface area (Å²) in [5.74, 6) is 0.771. The van der Waals surface area contributed by atoms with Crippen LogP contribution in [0.25, 0.3) is 0 Å². The van der Waals surface area contributed by atoms with Gasteiger partial charge in [-0.1, -0.05) is 11.3 Å². The molecule has 1 fully saturated rings. The average molecular weight is 294 g/mol. The second kappa shape index (κ2) is 5.74. The third-order valence-corrected chi connectivity index (χ3v) is 4.60. The van der Waals surface area contributed by atoms with Crippen LogP contribution in [0.5, 0.6) is 5.75 Å². The predicted molar refractivity (Wildman–Crippen MR) is 82.6 cm³/mol. The van der Waals surface area contributed by atoms with E-state index in [1.807, 2.05) is 32.9 Å². The second-order valence-electron chi connectivity index (χ2n) is 6.61. The molecule has 0 amide bonds. The van der Waals surface area contributed by atoms with E-state index in [-0.39, 0.29) is 4.75 Å². The molecule has 4 nitrogen and oxygen atoms in total. The molecule has 0 radical (unpaired) electrons. The van der Waals surface area contributed by atoms with Gasteiger partial charge in [-0.3, -0.25) is 4.98 Å². The molecule has 1 unspecified atom stereocenters. The molecule has 1 aromatic heterocycles. The van der Waals surface area contributed by atoms with Gasteiger partial charge < -0.3 is 9.29 Å². The van der Waals surface area contributed by atoms with Crippen molar-refractivity contribution in [2.45, 2.75) is 45.3 Å². The summed E-state index contributed by atoms with van der Waals surface area (Å²) in [7, 11) is 0. The molecule has 5 heteroatoms. The normalized spacial score (nSPS) is 19.1. The minimum atomic E-state index is -1.25. The third kappa shape index (κ3) is 4.49. The maximum atomic E-state index is 11.8. The SMILES string of the molecule is CC1(COc2ccc(C=N[S+]([O-])C(C)(C)C)nc2)CC1. The molecule has 1 aromatic rings. The first kappa shape index (κ1) is 15.3. The molecule has 20 heavy (non-hydrogen) atoms. The molecule has 0 spiro atoms. The highest BCUT2D eigenvalue weighted by atomic mass is 32.2. The van der Waals surface area contributed by atoms with Crippen molar-refractivity contribution in [3.63, 3.8) is 0 Å². The van der Waals surface area contributed by atoms with Crippen molar-refractivity contribution in [2.75, 3.05) is 6.61 Å². The van der Waals surface area contributed by atoms with Crippen LogP contribution in [0.15, 0.2) is 22.7 Å².